The van der Waals surface area contributed by atoms with Crippen molar-refractivity contribution in [1.82, 2.24) is 14.8 Å². The molecule has 0 bridgehead atoms. The lowest BCUT2D eigenvalue weighted by atomic mass is 10.1. The highest BCUT2D eigenvalue weighted by atomic mass is 16.2. The second kappa shape index (κ2) is 7.35. The normalized spacial score (nSPS) is 17.0. The summed E-state index contributed by atoms with van der Waals surface area (Å²) in [4.78, 5) is 20.9. The van der Waals surface area contributed by atoms with Gasteiger partial charge >= 0.3 is 0 Å². The second-order valence-electron chi connectivity index (χ2n) is 5.85. The first-order valence-corrected chi connectivity index (χ1v) is 7.94. The Morgan fingerprint density at radius 3 is 2.48 bits per heavy atom. The zero-order valence-electron chi connectivity index (χ0n) is 13.1. The molecule has 120 valence electrons. The first kappa shape index (κ1) is 15.6. The molecule has 1 aromatic heterocycles. The van der Waals surface area contributed by atoms with E-state index in [1.807, 2.05) is 47.5 Å². The van der Waals surface area contributed by atoms with Crippen LogP contribution in [0.25, 0.3) is 0 Å². The molecular formula is C18H22N4O. The Morgan fingerprint density at radius 2 is 1.83 bits per heavy atom. The summed E-state index contributed by atoms with van der Waals surface area (Å²) in [5.74, 6) is 0.0113. The molecule has 1 aromatic carbocycles. The summed E-state index contributed by atoms with van der Waals surface area (Å²) in [6.07, 6.45) is 3.67. The van der Waals surface area contributed by atoms with Gasteiger partial charge in [0.2, 0.25) is 5.91 Å². The van der Waals surface area contributed by atoms with Crippen LogP contribution in [0.4, 0.5) is 0 Å². The van der Waals surface area contributed by atoms with Gasteiger partial charge in [0.1, 0.15) is 6.04 Å². The average molecular weight is 310 g/mol. The SMILES string of the molecule is NC(C(=O)N1CCN(Cc2cccnc2)CC1)c1ccccc1. The van der Waals surface area contributed by atoms with Crippen molar-refractivity contribution in [2.75, 3.05) is 26.2 Å². The van der Waals surface area contributed by atoms with Crippen LogP contribution < -0.4 is 5.73 Å². The smallest absolute Gasteiger partial charge is 0.244 e. The van der Waals surface area contributed by atoms with Gasteiger partial charge in [-0.25, -0.2) is 0 Å². The summed E-state index contributed by atoms with van der Waals surface area (Å²) in [5, 5.41) is 0. The van der Waals surface area contributed by atoms with E-state index < -0.39 is 6.04 Å². The molecule has 1 saturated heterocycles. The van der Waals surface area contributed by atoms with Crippen molar-refractivity contribution in [1.29, 1.82) is 0 Å². The van der Waals surface area contributed by atoms with E-state index in [0.717, 1.165) is 38.3 Å². The maximum absolute atomic E-state index is 12.5. The minimum Gasteiger partial charge on any atom is -0.338 e. The Hall–Kier alpha value is -2.24. The molecule has 3 rings (SSSR count). The fourth-order valence-electron chi connectivity index (χ4n) is 2.88. The molecule has 5 heteroatoms. The van der Waals surface area contributed by atoms with Gasteiger partial charge in [-0.2, -0.15) is 0 Å². The average Bonchev–Trinajstić information content (AvgIpc) is 2.63. The van der Waals surface area contributed by atoms with Crippen LogP contribution in [0.15, 0.2) is 54.9 Å². The molecule has 2 N–H and O–H groups in total. The Bertz CT molecular complexity index is 624. The second-order valence-corrected chi connectivity index (χ2v) is 5.85. The molecule has 1 aliphatic heterocycles. The number of aromatic nitrogens is 1. The largest absolute Gasteiger partial charge is 0.338 e. The molecule has 1 unspecified atom stereocenters. The number of benzene rings is 1. The van der Waals surface area contributed by atoms with Crippen LogP contribution in [-0.2, 0) is 11.3 Å². The van der Waals surface area contributed by atoms with Gasteiger partial charge < -0.3 is 10.6 Å². The van der Waals surface area contributed by atoms with E-state index >= 15 is 0 Å². The zero-order chi connectivity index (χ0) is 16.1. The Morgan fingerprint density at radius 1 is 1.09 bits per heavy atom. The van der Waals surface area contributed by atoms with Crippen LogP contribution in [0.5, 0.6) is 0 Å². The van der Waals surface area contributed by atoms with E-state index in [-0.39, 0.29) is 5.91 Å². The fraction of sp³-hybridized carbons (Fsp3) is 0.333. The molecule has 0 saturated carbocycles. The van der Waals surface area contributed by atoms with Crippen LogP contribution in [0.1, 0.15) is 17.2 Å². The van der Waals surface area contributed by atoms with Crippen molar-refractivity contribution in [3.05, 3.63) is 66.0 Å². The third-order valence-corrected chi connectivity index (χ3v) is 4.24. The molecule has 1 aliphatic rings. The number of hydrogen-bond donors (Lipinski definition) is 1. The lowest BCUT2D eigenvalue weighted by molar-refractivity contribution is -0.134. The number of carbonyl (C=O) groups excluding carboxylic acids is 1. The maximum atomic E-state index is 12.5. The first-order valence-electron chi connectivity index (χ1n) is 7.94. The van der Waals surface area contributed by atoms with Gasteiger partial charge in [0, 0.05) is 45.1 Å². The highest BCUT2D eigenvalue weighted by Crippen LogP contribution is 2.15. The van der Waals surface area contributed by atoms with Crippen LogP contribution in [0.3, 0.4) is 0 Å². The maximum Gasteiger partial charge on any atom is 0.244 e. The van der Waals surface area contributed by atoms with Crippen molar-refractivity contribution < 1.29 is 4.79 Å². The van der Waals surface area contributed by atoms with E-state index in [4.69, 9.17) is 5.73 Å². The van der Waals surface area contributed by atoms with Crippen molar-refractivity contribution in [3.63, 3.8) is 0 Å². The van der Waals surface area contributed by atoms with Gasteiger partial charge in [0.25, 0.3) is 0 Å². The lowest BCUT2D eigenvalue weighted by Gasteiger charge is -2.35. The third kappa shape index (κ3) is 3.94. The van der Waals surface area contributed by atoms with E-state index in [1.54, 1.807) is 6.20 Å². The zero-order valence-corrected chi connectivity index (χ0v) is 13.1. The molecule has 1 atom stereocenters. The van der Waals surface area contributed by atoms with E-state index in [1.165, 1.54) is 5.56 Å². The highest BCUT2D eigenvalue weighted by molar-refractivity contribution is 5.83. The number of nitrogens with zero attached hydrogens (tertiary/aromatic N) is 3. The molecule has 2 aromatic rings. The van der Waals surface area contributed by atoms with E-state index in [2.05, 4.69) is 16.0 Å². The molecule has 2 heterocycles. The number of amides is 1. The third-order valence-electron chi connectivity index (χ3n) is 4.24. The molecule has 0 spiro atoms. The number of rotatable bonds is 4. The molecule has 0 radical (unpaired) electrons. The van der Waals surface area contributed by atoms with Crippen molar-refractivity contribution >= 4 is 5.91 Å². The standard InChI is InChI=1S/C18H22N4O/c19-17(16-6-2-1-3-7-16)18(23)22-11-9-21(10-12-22)14-15-5-4-8-20-13-15/h1-8,13,17H,9-12,14,19H2. The summed E-state index contributed by atoms with van der Waals surface area (Å²) in [6.45, 7) is 4.05. The van der Waals surface area contributed by atoms with Gasteiger partial charge in [-0.3, -0.25) is 14.7 Å². The number of carbonyl (C=O) groups is 1. The minimum absolute atomic E-state index is 0.0113. The van der Waals surface area contributed by atoms with E-state index in [9.17, 15) is 4.79 Å². The van der Waals surface area contributed by atoms with Gasteiger partial charge in [0.05, 0.1) is 0 Å². The van der Waals surface area contributed by atoms with Crippen LogP contribution >= 0.6 is 0 Å². The predicted molar refractivity (Wildman–Crippen MR) is 89.5 cm³/mol. The van der Waals surface area contributed by atoms with Crippen LogP contribution in [0, 0.1) is 0 Å². The quantitative estimate of drug-likeness (QED) is 0.928. The molecule has 23 heavy (non-hydrogen) atoms. The van der Waals surface area contributed by atoms with Crippen LogP contribution in [-0.4, -0.2) is 46.9 Å². The van der Waals surface area contributed by atoms with Crippen molar-refractivity contribution in [2.24, 2.45) is 5.73 Å². The number of hydrogen-bond acceptors (Lipinski definition) is 4. The number of piperazine rings is 1. The monoisotopic (exact) mass is 310 g/mol. The number of pyridine rings is 1. The van der Waals surface area contributed by atoms with E-state index in [0.29, 0.717) is 0 Å². The predicted octanol–water partition coefficient (Wildman–Crippen LogP) is 1.43. The minimum atomic E-state index is -0.568. The van der Waals surface area contributed by atoms with Gasteiger partial charge in [-0.15, -0.1) is 0 Å². The fourth-order valence-corrected chi connectivity index (χ4v) is 2.88. The van der Waals surface area contributed by atoms with Crippen molar-refractivity contribution in [2.45, 2.75) is 12.6 Å². The molecule has 0 aliphatic carbocycles. The molecule has 1 amide bonds. The van der Waals surface area contributed by atoms with Gasteiger partial charge in [-0.05, 0) is 17.2 Å². The molecule has 1 fully saturated rings. The Kier molecular flexibility index (Phi) is 5.00. The summed E-state index contributed by atoms with van der Waals surface area (Å²) in [6, 6.07) is 13.0. The highest BCUT2D eigenvalue weighted by Gasteiger charge is 2.26. The Labute approximate surface area is 136 Å². The molecule has 5 nitrogen and oxygen atoms in total. The van der Waals surface area contributed by atoms with Gasteiger partial charge in [-0.1, -0.05) is 36.4 Å². The molecular weight excluding hydrogens is 288 g/mol. The lowest BCUT2D eigenvalue weighted by Crippen LogP contribution is -2.50. The van der Waals surface area contributed by atoms with Crippen LogP contribution in [0.2, 0.25) is 0 Å². The summed E-state index contributed by atoms with van der Waals surface area (Å²) >= 11 is 0. The summed E-state index contributed by atoms with van der Waals surface area (Å²) < 4.78 is 0. The van der Waals surface area contributed by atoms with Crippen molar-refractivity contribution in [3.8, 4) is 0 Å². The summed E-state index contributed by atoms with van der Waals surface area (Å²) in [7, 11) is 0. The first-order chi connectivity index (χ1) is 11.2. The van der Waals surface area contributed by atoms with Gasteiger partial charge in [0.15, 0.2) is 0 Å². The summed E-state index contributed by atoms with van der Waals surface area (Å²) in [5.41, 5.74) is 8.19. The topological polar surface area (TPSA) is 62.5 Å². The number of nitrogens with two attached hydrogens (primary N) is 1. The Balaban J connectivity index is 1.53.